The van der Waals surface area contributed by atoms with Crippen molar-refractivity contribution >= 4 is 11.8 Å². The van der Waals surface area contributed by atoms with Gasteiger partial charge >= 0.3 is 0 Å². The maximum absolute atomic E-state index is 11.8. The van der Waals surface area contributed by atoms with E-state index in [0.29, 0.717) is 11.8 Å². The van der Waals surface area contributed by atoms with E-state index in [0.717, 1.165) is 45.3 Å². The molecular weight excluding hydrogens is 336 g/mol. The lowest BCUT2D eigenvalue weighted by Gasteiger charge is -2.20. The molecule has 2 saturated heterocycles. The van der Waals surface area contributed by atoms with Gasteiger partial charge in [0.05, 0.1) is 0 Å². The standard InChI is InChI=1S/C18H35NO.C5H9NO/c1-2-3-4-5-6-7-8-9-10-13-16-19-17-14-11-12-15-18(19)20;1-6-4-2-3-5(6)7/h2-17H2,1H3;2-4H2,1H3. The van der Waals surface area contributed by atoms with Crippen LogP contribution in [-0.2, 0) is 9.59 Å². The van der Waals surface area contributed by atoms with E-state index in [1.54, 1.807) is 4.90 Å². The molecule has 2 heterocycles. The highest BCUT2D eigenvalue weighted by molar-refractivity contribution is 5.77. The molecule has 0 bridgehead atoms. The lowest BCUT2D eigenvalue weighted by molar-refractivity contribution is -0.130. The van der Waals surface area contributed by atoms with Crippen LogP contribution in [0.25, 0.3) is 0 Å². The average Bonchev–Trinajstić information content (AvgIpc) is 2.91. The lowest BCUT2D eigenvalue weighted by Crippen LogP contribution is -2.31. The van der Waals surface area contributed by atoms with Crippen molar-refractivity contribution in [2.75, 3.05) is 26.7 Å². The van der Waals surface area contributed by atoms with Gasteiger partial charge in [-0.1, -0.05) is 71.1 Å². The van der Waals surface area contributed by atoms with E-state index in [-0.39, 0.29) is 0 Å². The van der Waals surface area contributed by atoms with E-state index in [4.69, 9.17) is 0 Å². The summed E-state index contributed by atoms with van der Waals surface area (Å²) in [6.07, 6.45) is 19.8. The van der Waals surface area contributed by atoms with Crippen LogP contribution in [0.4, 0.5) is 0 Å². The lowest BCUT2D eigenvalue weighted by atomic mass is 10.1. The number of rotatable bonds is 11. The molecule has 2 rings (SSSR count). The summed E-state index contributed by atoms with van der Waals surface area (Å²) in [6.45, 7) is 5.25. The van der Waals surface area contributed by atoms with E-state index < -0.39 is 0 Å². The molecule has 0 N–H and O–H groups in total. The first-order chi connectivity index (χ1) is 13.1. The molecule has 0 aliphatic carbocycles. The van der Waals surface area contributed by atoms with Crippen LogP contribution in [0.5, 0.6) is 0 Å². The Kier molecular flexibility index (Phi) is 14.2. The first kappa shape index (κ1) is 24.0. The van der Waals surface area contributed by atoms with E-state index in [2.05, 4.69) is 11.8 Å². The fourth-order valence-corrected chi connectivity index (χ4v) is 3.85. The van der Waals surface area contributed by atoms with Crippen molar-refractivity contribution in [3.05, 3.63) is 0 Å². The van der Waals surface area contributed by atoms with Crippen LogP contribution in [0.3, 0.4) is 0 Å². The molecule has 0 spiro atoms. The monoisotopic (exact) mass is 380 g/mol. The van der Waals surface area contributed by atoms with Gasteiger partial charge in [-0.15, -0.1) is 0 Å². The summed E-state index contributed by atoms with van der Waals surface area (Å²) in [7, 11) is 1.84. The zero-order valence-corrected chi connectivity index (χ0v) is 18.1. The molecule has 2 fully saturated rings. The molecule has 4 nitrogen and oxygen atoms in total. The molecule has 0 aromatic heterocycles. The van der Waals surface area contributed by atoms with Gasteiger partial charge in [-0.2, -0.15) is 0 Å². The summed E-state index contributed by atoms with van der Waals surface area (Å²) in [4.78, 5) is 26.2. The molecule has 0 unspecified atom stereocenters. The highest BCUT2D eigenvalue weighted by atomic mass is 16.2. The third-order valence-corrected chi connectivity index (χ3v) is 5.76. The first-order valence-electron chi connectivity index (χ1n) is 11.7. The van der Waals surface area contributed by atoms with Crippen molar-refractivity contribution < 1.29 is 9.59 Å². The molecule has 27 heavy (non-hydrogen) atoms. The molecule has 4 heteroatoms. The van der Waals surface area contributed by atoms with Crippen molar-refractivity contribution in [1.82, 2.24) is 9.80 Å². The predicted octanol–water partition coefficient (Wildman–Crippen LogP) is 5.55. The Labute approximate surface area is 168 Å². The second kappa shape index (κ2) is 15.9. The Morgan fingerprint density at radius 1 is 0.667 bits per heavy atom. The molecule has 158 valence electrons. The number of carbonyl (C=O) groups excluding carboxylic acids is 2. The predicted molar refractivity (Wildman–Crippen MR) is 114 cm³/mol. The minimum absolute atomic E-state index is 0.292. The van der Waals surface area contributed by atoms with Gasteiger partial charge in [0.25, 0.3) is 0 Å². The summed E-state index contributed by atoms with van der Waals surface area (Å²) < 4.78 is 0. The third-order valence-electron chi connectivity index (χ3n) is 5.76. The van der Waals surface area contributed by atoms with E-state index in [1.807, 2.05) is 7.05 Å². The second-order valence-corrected chi connectivity index (χ2v) is 8.29. The van der Waals surface area contributed by atoms with Gasteiger partial charge in [0.2, 0.25) is 11.8 Å². The molecule has 0 aromatic rings. The normalized spacial score (nSPS) is 17.7. The smallest absolute Gasteiger partial charge is 0.222 e. The molecule has 2 amide bonds. The molecular formula is C23H44N2O2. The quantitative estimate of drug-likeness (QED) is 0.441. The Balaban J connectivity index is 0.000000433. The summed E-state index contributed by atoms with van der Waals surface area (Å²) >= 11 is 0. The average molecular weight is 381 g/mol. The third kappa shape index (κ3) is 12.1. The number of hydrogen-bond acceptors (Lipinski definition) is 2. The van der Waals surface area contributed by atoms with Gasteiger partial charge in [0.15, 0.2) is 0 Å². The molecule has 0 radical (unpaired) electrons. The van der Waals surface area contributed by atoms with Crippen LogP contribution < -0.4 is 0 Å². The van der Waals surface area contributed by atoms with Gasteiger partial charge in [-0.05, 0) is 25.7 Å². The number of unbranched alkanes of at least 4 members (excludes halogenated alkanes) is 9. The largest absolute Gasteiger partial charge is 0.346 e. The maximum atomic E-state index is 11.8. The Morgan fingerprint density at radius 2 is 1.26 bits per heavy atom. The highest BCUT2D eigenvalue weighted by Gasteiger charge is 2.15. The molecule has 0 atom stereocenters. The molecule has 0 aromatic carbocycles. The molecule has 2 aliphatic rings. The van der Waals surface area contributed by atoms with Crippen LogP contribution in [-0.4, -0.2) is 48.3 Å². The van der Waals surface area contributed by atoms with Gasteiger partial charge in [-0.25, -0.2) is 0 Å². The van der Waals surface area contributed by atoms with E-state index in [9.17, 15) is 9.59 Å². The van der Waals surface area contributed by atoms with Crippen molar-refractivity contribution in [3.8, 4) is 0 Å². The Bertz CT molecular complexity index is 398. The minimum Gasteiger partial charge on any atom is -0.346 e. The summed E-state index contributed by atoms with van der Waals surface area (Å²) in [5, 5.41) is 0. The number of hydrogen-bond donors (Lipinski definition) is 0. The number of nitrogens with zero attached hydrogens (tertiary/aromatic N) is 2. The SMILES string of the molecule is CCCCCCCCCCCCN1CCCCCC1=O.CN1CCCC1=O. The van der Waals surface area contributed by atoms with Crippen molar-refractivity contribution in [2.24, 2.45) is 0 Å². The second-order valence-electron chi connectivity index (χ2n) is 8.29. The van der Waals surface area contributed by atoms with E-state index >= 15 is 0 Å². The maximum Gasteiger partial charge on any atom is 0.222 e. The van der Waals surface area contributed by atoms with Crippen molar-refractivity contribution in [1.29, 1.82) is 0 Å². The van der Waals surface area contributed by atoms with Gasteiger partial charge < -0.3 is 9.80 Å². The topological polar surface area (TPSA) is 40.6 Å². The number of likely N-dealkylation sites (tertiary alicyclic amines) is 2. The summed E-state index contributed by atoms with van der Waals surface area (Å²) in [6, 6.07) is 0. The molecule has 0 saturated carbocycles. The number of carbonyl (C=O) groups is 2. The fraction of sp³-hybridized carbons (Fsp3) is 0.913. The van der Waals surface area contributed by atoms with Gasteiger partial charge in [0, 0.05) is 39.5 Å². The van der Waals surface area contributed by atoms with Crippen LogP contribution in [0.2, 0.25) is 0 Å². The van der Waals surface area contributed by atoms with Crippen LogP contribution in [0.15, 0.2) is 0 Å². The molecule has 2 aliphatic heterocycles. The Morgan fingerprint density at radius 3 is 1.78 bits per heavy atom. The van der Waals surface area contributed by atoms with Crippen LogP contribution in [0.1, 0.15) is 110 Å². The van der Waals surface area contributed by atoms with Crippen LogP contribution in [0, 0.1) is 0 Å². The van der Waals surface area contributed by atoms with E-state index in [1.165, 1.54) is 77.0 Å². The zero-order chi connectivity index (χ0) is 19.7. The zero-order valence-electron chi connectivity index (χ0n) is 18.1. The van der Waals surface area contributed by atoms with Gasteiger partial charge in [0.1, 0.15) is 0 Å². The first-order valence-corrected chi connectivity index (χ1v) is 11.7. The Hall–Kier alpha value is -1.06. The van der Waals surface area contributed by atoms with Crippen molar-refractivity contribution in [3.63, 3.8) is 0 Å². The van der Waals surface area contributed by atoms with Gasteiger partial charge in [-0.3, -0.25) is 9.59 Å². The fourth-order valence-electron chi connectivity index (χ4n) is 3.85. The summed E-state index contributed by atoms with van der Waals surface area (Å²) in [5.41, 5.74) is 0. The number of amides is 2. The van der Waals surface area contributed by atoms with Crippen LogP contribution >= 0.6 is 0 Å². The highest BCUT2D eigenvalue weighted by Crippen LogP contribution is 2.14. The van der Waals surface area contributed by atoms with Crippen molar-refractivity contribution in [2.45, 2.75) is 110 Å². The minimum atomic E-state index is 0.292. The summed E-state index contributed by atoms with van der Waals surface area (Å²) in [5.74, 6) is 0.693.